The molecule has 0 spiro atoms. The summed E-state index contributed by atoms with van der Waals surface area (Å²) < 4.78 is 6.56. The Morgan fingerprint density at radius 1 is 1.54 bits per heavy atom. The van der Waals surface area contributed by atoms with Crippen LogP contribution in [0.1, 0.15) is 5.56 Å². The van der Waals surface area contributed by atoms with Crippen molar-refractivity contribution >= 4 is 5.88 Å². The molecule has 2 N–H and O–H groups in total. The Kier molecular flexibility index (Phi) is 1.58. The topological polar surface area (TPSA) is 69.9 Å². The van der Waals surface area contributed by atoms with E-state index in [2.05, 4.69) is 10.3 Å². The molecule has 0 aromatic carbocycles. The SMILES string of the molecule is Cc1c(-c2cnn(C)c2)noc1N. The van der Waals surface area contributed by atoms with Gasteiger partial charge in [-0.3, -0.25) is 4.68 Å². The summed E-state index contributed by atoms with van der Waals surface area (Å²) in [6.07, 6.45) is 3.59. The van der Waals surface area contributed by atoms with E-state index in [1.165, 1.54) is 0 Å². The second kappa shape index (κ2) is 2.62. The molecule has 68 valence electrons. The van der Waals surface area contributed by atoms with Gasteiger partial charge in [0, 0.05) is 24.4 Å². The molecule has 0 aliphatic heterocycles. The third-order valence-electron chi connectivity index (χ3n) is 1.94. The van der Waals surface area contributed by atoms with Crippen LogP contribution in [-0.4, -0.2) is 14.9 Å². The normalized spacial score (nSPS) is 10.6. The van der Waals surface area contributed by atoms with Crippen molar-refractivity contribution in [2.24, 2.45) is 7.05 Å². The molecule has 0 bridgehead atoms. The first-order chi connectivity index (χ1) is 6.18. The maximum absolute atomic E-state index is 5.53. The molecule has 2 heterocycles. The van der Waals surface area contributed by atoms with E-state index in [4.69, 9.17) is 10.3 Å². The highest BCUT2D eigenvalue weighted by atomic mass is 16.5. The fourth-order valence-corrected chi connectivity index (χ4v) is 1.16. The van der Waals surface area contributed by atoms with E-state index < -0.39 is 0 Å². The molecule has 0 fully saturated rings. The molecule has 2 aromatic rings. The number of rotatable bonds is 1. The number of nitrogen functional groups attached to an aromatic ring is 1. The summed E-state index contributed by atoms with van der Waals surface area (Å²) in [6.45, 7) is 1.87. The first kappa shape index (κ1) is 7.85. The molecule has 2 aromatic heterocycles. The lowest BCUT2D eigenvalue weighted by Gasteiger charge is -1.89. The van der Waals surface area contributed by atoms with Crippen LogP contribution in [0.2, 0.25) is 0 Å². The number of aromatic nitrogens is 3. The summed E-state index contributed by atoms with van der Waals surface area (Å²) in [5, 5.41) is 7.88. The summed E-state index contributed by atoms with van der Waals surface area (Å²) >= 11 is 0. The van der Waals surface area contributed by atoms with Crippen LogP contribution in [0.4, 0.5) is 5.88 Å². The molecule has 0 saturated carbocycles. The molecular formula is C8H10N4O. The summed E-state index contributed by atoms with van der Waals surface area (Å²) in [4.78, 5) is 0. The van der Waals surface area contributed by atoms with Crippen molar-refractivity contribution in [1.29, 1.82) is 0 Å². The van der Waals surface area contributed by atoms with Gasteiger partial charge in [-0.25, -0.2) is 0 Å². The zero-order chi connectivity index (χ0) is 9.42. The van der Waals surface area contributed by atoms with Gasteiger partial charge in [0.25, 0.3) is 0 Å². The molecule has 0 radical (unpaired) electrons. The Balaban J connectivity index is 2.52. The van der Waals surface area contributed by atoms with Gasteiger partial charge in [0.1, 0.15) is 5.69 Å². The molecular weight excluding hydrogens is 168 g/mol. The second-order valence-corrected chi connectivity index (χ2v) is 2.92. The van der Waals surface area contributed by atoms with Gasteiger partial charge in [-0.05, 0) is 6.92 Å². The summed E-state index contributed by atoms with van der Waals surface area (Å²) in [6, 6.07) is 0. The van der Waals surface area contributed by atoms with Crippen molar-refractivity contribution in [3.8, 4) is 11.3 Å². The van der Waals surface area contributed by atoms with Crippen LogP contribution >= 0.6 is 0 Å². The van der Waals surface area contributed by atoms with Gasteiger partial charge in [0.05, 0.1) is 6.20 Å². The van der Waals surface area contributed by atoms with Gasteiger partial charge in [-0.2, -0.15) is 5.10 Å². The number of hydrogen-bond acceptors (Lipinski definition) is 4. The van der Waals surface area contributed by atoms with Crippen LogP contribution < -0.4 is 5.73 Å². The highest BCUT2D eigenvalue weighted by Crippen LogP contribution is 2.24. The van der Waals surface area contributed by atoms with E-state index in [9.17, 15) is 0 Å². The maximum Gasteiger partial charge on any atom is 0.225 e. The van der Waals surface area contributed by atoms with Crippen molar-refractivity contribution < 1.29 is 4.52 Å². The predicted octanol–water partition coefficient (Wildman–Crippen LogP) is 0.966. The average Bonchev–Trinajstić information content (AvgIpc) is 2.62. The third-order valence-corrected chi connectivity index (χ3v) is 1.94. The minimum absolute atomic E-state index is 0.360. The molecule has 2 rings (SSSR count). The number of anilines is 1. The molecule has 0 saturated heterocycles. The van der Waals surface area contributed by atoms with Crippen molar-refractivity contribution in [2.75, 3.05) is 5.73 Å². The largest absolute Gasteiger partial charge is 0.367 e. The van der Waals surface area contributed by atoms with E-state index in [0.717, 1.165) is 16.8 Å². The van der Waals surface area contributed by atoms with E-state index in [0.29, 0.717) is 5.88 Å². The monoisotopic (exact) mass is 178 g/mol. The molecule has 0 aliphatic rings. The summed E-state index contributed by atoms with van der Waals surface area (Å²) in [5.74, 6) is 0.360. The van der Waals surface area contributed by atoms with E-state index in [-0.39, 0.29) is 0 Å². The van der Waals surface area contributed by atoms with Gasteiger partial charge in [-0.1, -0.05) is 5.16 Å². The average molecular weight is 178 g/mol. The lowest BCUT2D eigenvalue weighted by Crippen LogP contribution is -1.85. The minimum Gasteiger partial charge on any atom is -0.367 e. The zero-order valence-electron chi connectivity index (χ0n) is 7.48. The van der Waals surface area contributed by atoms with Crippen LogP contribution in [0.15, 0.2) is 16.9 Å². The van der Waals surface area contributed by atoms with Crippen molar-refractivity contribution in [3.05, 3.63) is 18.0 Å². The molecule has 0 amide bonds. The maximum atomic E-state index is 5.53. The molecule has 0 aliphatic carbocycles. The van der Waals surface area contributed by atoms with E-state index in [1.807, 2.05) is 20.2 Å². The van der Waals surface area contributed by atoms with Crippen LogP contribution in [0.3, 0.4) is 0 Å². The first-order valence-electron chi connectivity index (χ1n) is 3.89. The van der Waals surface area contributed by atoms with E-state index >= 15 is 0 Å². The van der Waals surface area contributed by atoms with Gasteiger partial charge in [0.15, 0.2) is 0 Å². The summed E-state index contributed by atoms with van der Waals surface area (Å²) in [5.41, 5.74) is 8.06. The van der Waals surface area contributed by atoms with Crippen LogP contribution in [0.25, 0.3) is 11.3 Å². The molecule has 0 atom stereocenters. The number of aryl methyl sites for hydroxylation is 1. The Bertz CT molecular complexity index is 429. The fourth-order valence-electron chi connectivity index (χ4n) is 1.16. The van der Waals surface area contributed by atoms with Crippen LogP contribution in [-0.2, 0) is 7.05 Å². The van der Waals surface area contributed by atoms with Crippen molar-refractivity contribution in [1.82, 2.24) is 14.9 Å². The number of nitrogens with zero attached hydrogens (tertiary/aromatic N) is 3. The Morgan fingerprint density at radius 2 is 2.31 bits per heavy atom. The lowest BCUT2D eigenvalue weighted by molar-refractivity contribution is 0.439. The quantitative estimate of drug-likeness (QED) is 0.706. The summed E-state index contributed by atoms with van der Waals surface area (Å²) in [7, 11) is 1.85. The predicted molar refractivity (Wildman–Crippen MR) is 47.9 cm³/mol. The Labute approximate surface area is 75.1 Å². The second-order valence-electron chi connectivity index (χ2n) is 2.92. The van der Waals surface area contributed by atoms with Crippen molar-refractivity contribution in [3.63, 3.8) is 0 Å². The highest BCUT2D eigenvalue weighted by Gasteiger charge is 2.11. The lowest BCUT2D eigenvalue weighted by atomic mass is 10.2. The Hall–Kier alpha value is -1.78. The number of hydrogen-bond donors (Lipinski definition) is 1. The molecule has 5 nitrogen and oxygen atoms in total. The molecule has 5 heteroatoms. The molecule has 0 unspecified atom stereocenters. The first-order valence-corrected chi connectivity index (χ1v) is 3.89. The van der Waals surface area contributed by atoms with Crippen molar-refractivity contribution in [2.45, 2.75) is 6.92 Å². The van der Waals surface area contributed by atoms with Gasteiger partial charge in [-0.15, -0.1) is 0 Å². The fraction of sp³-hybridized carbons (Fsp3) is 0.250. The van der Waals surface area contributed by atoms with Crippen LogP contribution in [0.5, 0.6) is 0 Å². The van der Waals surface area contributed by atoms with Gasteiger partial charge in [0.2, 0.25) is 5.88 Å². The number of nitrogens with two attached hydrogens (primary N) is 1. The standard InChI is InChI=1S/C8H10N4O/c1-5-7(11-13-8(5)9)6-3-10-12(2)4-6/h3-4H,9H2,1-2H3. The smallest absolute Gasteiger partial charge is 0.225 e. The highest BCUT2D eigenvalue weighted by molar-refractivity contribution is 5.64. The van der Waals surface area contributed by atoms with Gasteiger partial charge >= 0.3 is 0 Å². The van der Waals surface area contributed by atoms with Gasteiger partial charge < -0.3 is 10.3 Å². The van der Waals surface area contributed by atoms with Crippen LogP contribution in [0, 0.1) is 6.92 Å². The molecule has 13 heavy (non-hydrogen) atoms. The minimum atomic E-state index is 0.360. The third kappa shape index (κ3) is 1.18. The zero-order valence-corrected chi connectivity index (χ0v) is 7.48. The van der Waals surface area contributed by atoms with E-state index in [1.54, 1.807) is 10.9 Å². The Morgan fingerprint density at radius 3 is 2.77 bits per heavy atom.